The second-order valence-electron chi connectivity index (χ2n) is 12.2. The fourth-order valence-electron chi connectivity index (χ4n) is 7.07. The maximum Gasteiger partial charge on any atom is 0.416 e. The first-order valence-electron chi connectivity index (χ1n) is 15.3. The molecule has 1 atom stereocenters. The Morgan fingerprint density at radius 3 is 2.79 bits per heavy atom. The van der Waals surface area contributed by atoms with E-state index in [1.165, 1.54) is 4.52 Å². The summed E-state index contributed by atoms with van der Waals surface area (Å²) in [5.41, 5.74) is 0.942. The molecule has 11 nitrogen and oxygen atoms in total. The van der Waals surface area contributed by atoms with E-state index in [2.05, 4.69) is 20.3 Å². The molecular weight excluding hydrogens is 639 g/mol. The number of alkyl halides is 3. The topological polar surface area (TPSA) is 127 Å². The van der Waals surface area contributed by atoms with Crippen molar-refractivity contribution in [2.75, 3.05) is 31.6 Å². The molecule has 3 aromatic heterocycles. The fraction of sp³-hybridized carbons (Fsp3) is 0.406. The van der Waals surface area contributed by atoms with Gasteiger partial charge in [-0.2, -0.15) is 22.7 Å². The third kappa shape index (κ3) is 5.89. The normalized spacial score (nSPS) is 20.0. The Morgan fingerprint density at radius 1 is 1.19 bits per heavy atom. The lowest BCUT2D eigenvalue weighted by Crippen LogP contribution is -2.47. The number of benzene rings is 1. The van der Waals surface area contributed by atoms with Gasteiger partial charge in [0.2, 0.25) is 11.7 Å². The third-order valence-electron chi connectivity index (χ3n) is 9.24. The van der Waals surface area contributed by atoms with E-state index in [0.717, 1.165) is 43.2 Å². The predicted molar refractivity (Wildman–Crippen MR) is 166 cm³/mol. The predicted octanol–water partition coefficient (Wildman–Crippen LogP) is 4.59. The molecule has 246 valence electrons. The van der Waals surface area contributed by atoms with Gasteiger partial charge in [0, 0.05) is 36.0 Å². The summed E-state index contributed by atoms with van der Waals surface area (Å²) in [6.45, 7) is 2.35. The zero-order valence-electron chi connectivity index (χ0n) is 25.2. The number of piperidine rings is 1. The van der Waals surface area contributed by atoms with Crippen LogP contribution in [-0.2, 0) is 40.6 Å². The van der Waals surface area contributed by atoms with Gasteiger partial charge in [0.15, 0.2) is 5.82 Å². The van der Waals surface area contributed by atoms with Crippen molar-refractivity contribution < 1.29 is 27.8 Å². The Bertz CT molecular complexity index is 1970. The highest BCUT2D eigenvalue weighted by Gasteiger charge is 2.46. The van der Waals surface area contributed by atoms with Crippen LogP contribution in [0.5, 0.6) is 5.75 Å². The second-order valence-corrected chi connectivity index (χ2v) is 12.6. The van der Waals surface area contributed by atoms with E-state index in [1.807, 2.05) is 6.08 Å². The summed E-state index contributed by atoms with van der Waals surface area (Å²) >= 11 is 6.13. The van der Waals surface area contributed by atoms with Crippen LogP contribution < -0.4 is 10.9 Å². The van der Waals surface area contributed by atoms with Crippen LogP contribution in [0.25, 0.3) is 11.4 Å². The van der Waals surface area contributed by atoms with Crippen LogP contribution in [-0.4, -0.2) is 66.4 Å². The SMILES string of the molecule is O=C(Cn1c2c(c(=O)n3nc(C4=CCOCC4)nc13)C1(CCCN(Cc3ncccc3O)C1)CC2)Nc1ccc(C(F)(F)F)cc1Cl. The molecule has 1 aliphatic carbocycles. The molecule has 1 saturated heterocycles. The molecule has 1 aromatic carbocycles. The molecule has 3 aliphatic rings. The van der Waals surface area contributed by atoms with Crippen LogP contribution in [0.3, 0.4) is 0 Å². The van der Waals surface area contributed by atoms with Crippen LogP contribution in [0.1, 0.15) is 54.0 Å². The minimum absolute atomic E-state index is 0.0325. The summed E-state index contributed by atoms with van der Waals surface area (Å²) in [5, 5.41) is 17.3. The number of amides is 1. The summed E-state index contributed by atoms with van der Waals surface area (Å²) in [4.78, 5) is 39.1. The maximum absolute atomic E-state index is 14.3. The Labute approximate surface area is 271 Å². The van der Waals surface area contributed by atoms with Crippen molar-refractivity contribution in [3.63, 3.8) is 0 Å². The number of pyridine rings is 1. The monoisotopic (exact) mass is 669 g/mol. The lowest BCUT2D eigenvalue weighted by Gasteiger charge is -2.40. The van der Waals surface area contributed by atoms with Crippen molar-refractivity contribution in [3.8, 4) is 5.75 Å². The number of fused-ring (bicyclic) bond motifs is 3. The first kappa shape index (κ1) is 31.3. The molecule has 7 rings (SSSR count). The van der Waals surface area contributed by atoms with Gasteiger partial charge >= 0.3 is 6.18 Å². The van der Waals surface area contributed by atoms with E-state index in [1.54, 1.807) is 22.9 Å². The number of halogens is 4. The van der Waals surface area contributed by atoms with Gasteiger partial charge in [-0.25, -0.2) is 0 Å². The fourth-order valence-corrected chi connectivity index (χ4v) is 7.30. The van der Waals surface area contributed by atoms with Crippen LogP contribution >= 0.6 is 11.6 Å². The third-order valence-corrected chi connectivity index (χ3v) is 9.55. The highest BCUT2D eigenvalue weighted by atomic mass is 35.5. The first-order chi connectivity index (χ1) is 22.5. The largest absolute Gasteiger partial charge is 0.506 e. The van der Waals surface area contributed by atoms with Crippen molar-refractivity contribution in [1.29, 1.82) is 0 Å². The van der Waals surface area contributed by atoms with E-state index >= 15 is 0 Å². The molecule has 47 heavy (non-hydrogen) atoms. The number of likely N-dealkylation sites (tertiary alicyclic amines) is 1. The average Bonchev–Trinajstić information content (AvgIpc) is 3.65. The Kier molecular flexibility index (Phi) is 8.05. The summed E-state index contributed by atoms with van der Waals surface area (Å²) in [7, 11) is 0. The zero-order chi connectivity index (χ0) is 32.9. The Morgan fingerprint density at radius 2 is 2.04 bits per heavy atom. The molecule has 4 aromatic rings. The molecule has 1 unspecified atom stereocenters. The molecule has 2 N–H and O–H groups in total. The van der Waals surface area contributed by atoms with Crippen molar-refractivity contribution >= 4 is 34.5 Å². The average molecular weight is 670 g/mol. The van der Waals surface area contributed by atoms with Gasteiger partial charge in [-0.05, 0) is 74.6 Å². The van der Waals surface area contributed by atoms with E-state index in [0.29, 0.717) is 68.3 Å². The van der Waals surface area contributed by atoms with Crippen molar-refractivity contribution in [1.82, 2.24) is 29.0 Å². The van der Waals surface area contributed by atoms with Crippen molar-refractivity contribution in [3.05, 3.63) is 86.3 Å². The molecule has 0 radical (unpaired) electrons. The molecule has 1 amide bonds. The molecule has 5 heterocycles. The molecule has 1 spiro atoms. The maximum atomic E-state index is 14.3. The number of aromatic hydroxyl groups is 1. The number of nitrogens with zero attached hydrogens (tertiary/aromatic N) is 6. The van der Waals surface area contributed by atoms with Gasteiger partial charge in [-0.15, -0.1) is 5.10 Å². The minimum atomic E-state index is -4.58. The number of carbonyl (C=O) groups is 1. The Hall–Kier alpha value is -4.27. The molecule has 0 bridgehead atoms. The minimum Gasteiger partial charge on any atom is -0.506 e. The van der Waals surface area contributed by atoms with Gasteiger partial charge in [-0.3, -0.25) is 19.5 Å². The molecule has 0 saturated carbocycles. The summed E-state index contributed by atoms with van der Waals surface area (Å²) < 4.78 is 47.9. The van der Waals surface area contributed by atoms with Gasteiger partial charge in [-0.1, -0.05) is 17.7 Å². The van der Waals surface area contributed by atoms with E-state index in [-0.39, 0.29) is 34.3 Å². The van der Waals surface area contributed by atoms with Crippen LogP contribution in [0.2, 0.25) is 5.02 Å². The number of hydrogen-bond acceptors (Lipinski definition) is 8. The quantitative estimate of drug-likeness (QED) is 0.306. The van der Waals surface area contributed by atoms with Crippen LogP contribution in [0, 0.1) is 0 Å². The van der Waals surface area contributed by atoms with Crippen molar-refractivity contribution in [2.45, 2.75) is 56.8 Å². The van der Waals surface area contributed by atoms with Gasteiger partial charge in [0.1, 0.15) is 12.3 Å². The molecule has 2 aliphatic heterocycles. The Balaban J connectivity index is 1.27. The number of rotatable bonds is 6. The smallest absolute Gasteiger partial charge is 0.416 e. The first-order valence-corrected chi connectivity index (χ1v) is 15.7. The van der Waals surface area contributed by atoms with Crippen LogP contribution in [0.4, 0.5) is 18.9 Å². The lowest BCUT2D eigenvalue weighted by molar-refractivity contribution is -0.137. The lowest BCUT2D eigenvalue weighted by atomic mass is 9.75. The van der Waals surface area contributed by atoms with E-state index < -0.39 is 23.1 Å². The van der Waals surface area contributed by atoms with Gasteiger partial charge in [0.05, 0.1) is 35.2 Å². The summed E-state index contributed by atoms with van der Waals surface area (Å²) in [5.74, 6) is 0.137. The van der Waals surface area contributed by atoms with Crippen molar-refractivity contribution in [2.24, 2.45) is 0 Å². The number of aromatic nitrogens is 5. The summed E-state index contributed by atoms with van der Waals surface area (Å²) in [6.07, 6.45) is 2.23. The number of hydrogen-bond donors (Lipinski definition) is 2. The van der Waals surface area contributed by atoms with Gasteiger partial charge < -0.3 is 19.7 Å². The molecule has 15 heteroatoms. The standard InChI is InChI=1S/C32H31ClF3N7O4/c33-21-15-20(32(34,35)36)4-5-22(21)38-26(45)17-42-24-6-10-31(9-2-12-41(18-31)16-23-25(44)3-1-11-37-23)27(24)29(46)43-30(42)39-28(40-43)19-7-13-47-14-8-19/h1,3-5,7,11,15,44H,2,6,8-10,12-14,16-18H2,(H,38,45). The van der Waals surface area contributed by atoms with E-state index in [4.69, 9.17) is 21.3 Å². The zero-order valence-corrected chi connectivity index (χ0v) is 25.9. The summed E-state index contributed by atoms with van der Waals surface area (Å²) in [6, 6.07) is 6.00. The second kappa shape index (κ2) is 12.1. The molecule has 1 fully saturated rings. The number of nitrogens with one attached hydrogen (secondary N) is 1. The van der Waals surface area contributed by atoms with E-state index in [9.17, 15) is 27.9 Å². The molecular formula is C32H31ClF3N7O4. The number of carbonyl (C=O) groups excluding carboxylic acids is 1. The van der Waals surface area contributed by atoms with Crippen LogP contribution in [0.15, 0.2) is 47.4 Å². The van der Waals surface area contributed by atoms with Gasteiger partial charge in [0.25, 0.3) is 5.56 Å². The number of ether oxygens (including phenoxy) is 1. The highest BCUT2D eigenvalue weighted by Crippen LogP contribution is 2.44. The number of anilines is 1. The highest BCUT2D eigenvalue weighted by molar-refractivity contribution is 6.33.